The van der Waals surface area contributed by atoms with Crippen LogP contribution in [0.15, 0.2) is 41.1 Å². The number of benzene rings is 1. The molecule has 0 fully saturated rings. The standard InChI is InChI=1S/C15H15N5O2/c1-10-7-8-16-15(17-10)19-12-3-5-13(6-4-12)21-9-14-18-11(2)20-22-14/h3-8H,9H2,1-2H3,(H,16,17,19). The van der Waals surface area contributed by atoms with Gasteiger partial charge in [-0.3, -0.25) is 0 Å². The fraction of sp³-hybridized carbons (Fsp3) is 0.200. The van der Waals surface area contributed by atoms with E-state index in [2.05, 4.69) is 25.4 Å². The number of nitrogens with zero attached hydrogens (tertiary/aromatic N) is 4. The van der Waals surface area contributed by atoms with E-state index in [1.54, 1.807) is 13.1 Å². The molecular formula is C15H15N5O2. The number of hydrogen-bond acceptors (Lipinski definition) is 7. The van der Waals surface area contributed by atoms with Crippen molar-refractivity contribution in [2.45, 2.75) is 20.5 Å². The SMILES string of the molecule is Cc1ccnc(Nc2ccc(OCc3nc(C)no3)cc2)n1. The van der Waals surface area contributed by atoms with Crippen molar-refractivity contribution in [2.75, 3.05) is 5.32 Å². The first-order valence-electron chi connectivity index (χ1n) is 6.78. The Balaban J connectivity index is 1.60. The third kappa shape index (κ3) is 3.57. The third-order valence-electron chi connectivity index (χ3n) is 2.84. The molecule has 3 rings (SSSR count). The van der Waals surface area contributed by atoms with Crippen LogP contribution >= 0.6 is 0 Å². The van der Waals surface area contributed by atoms with Gasteiger partial charge < -0.3 is 14.6 Å². The van der Waals surface area contributed by atoms with Gasteiger partial charge >= 0.3 is 0 Å². The predicted octanol–water partition coefficient (Wildman–Crippen LogP) is 2.80. The molecule has 3 aromatic rings. The van der Waals surface area contributed by atoms with Crippen LogP contribution in [0.4, 0.5) is 11.6 Å². The fourth-order valence-corrected chi connectivity index (χ4v) is 1.82. The zero-order valence-corrected chi connectivity index (χ0v) is 12.3. The number of rotatable bonds is 5. The summed E-state index contributed by atoms with van der Waals surface area (Å²) in [4.78, 5) is 12.5. The van der Waals surface area contributed by atoms with Gasteiger partial charge in [-0.2, -0.15) is 4.98 Å². The Morgan fingerprint density at radius 1 is 1.09 bits per heavy atom. The van der Waals surface area contributed by atoms with E-state index in [0.29, 0.717) is 23.4 Å². The van der Waals surface area contributed by atoms with Crippen molar-refractivity contribution in [3.8, 4) is 5.75 Å². The van der Waals surface area contributed by atoms with Gasteiger partial charge in [0.05, 0.1) is 0 Å². The van der Waals surface area contributed by atoms with Crippen molar-refractivity contribution in [3.05, 3.63) is 53.9 Å². The van der Waals surface area contributed by atoms with Gasteiger partial charge in [0.2, 0.25) is 5.95 Å². The van der Waals surface area contributed by atoms with Gasteiger partial charge in [0.25, 0.3) is 5.89 Å². The minimum atomic E-state index is 0.245. The molecule has 7 heteroatoms. The molecule has 1 N–H and O–H groups in total. The summed E-state index contributed by atoms with van der Waals surface area (Å²) in [5.74, 6) is 2.32. The summed E-state index contributed by atoms with van der Waals surface area (Å²) in [6, 6.07) is 9.32. The second-order valence-corrected chi connectivity index (χ2v) is 4.70. The summed E-state index contributed by atoms with van der Waals surface area (Å²) in [6.07, 6.45) is 1.72. The van der Waals surface area contributed by atoms with Crippen LogP contribution in [0.25, 0.3) is 0 Å². The van der Waals surface area contributed by atoms with Crippen LogP contribution in [0.1, 0.15) is 17.4 Å². The molecule has 22 heavy (non-hydrogen) atoms. The quantitative estimate of drug-likeness (QED) is 0.774. The van der Waals surface area contributed by atoms with Crippen molar-refractivity contribution in [2.24, 2.45) is 0 Å². The van der Waals surface area contributed by atoms with Crippen LogP contribution in [0.3, 0.4) is 0 Å². The smallest absolute Gasteiger partial charge is 0.264 e. The zero-order chi connectivity index (χ0) is 15.4. The molecule has 0 amide bonds. The summed E-state index contributed by atoms with van der Waals surface area (Å²) < 4.78 is 10.6. The van der Waals surface area contributed by atoms with Crippen LogP contribution in [-0.4, -0.2) is 20.1 Å². The van der Waals surface area contributed by atoms with Gasteiger partial charge in [-0.1, -0.05) is 5.16 Å². The number of aromatic nitrogens is 4. The molecule has 0 spiro atoms. The monoisotopic (exact) mass is 297 g/mol. The Bertz CT molecular complexity index is 755. The topological polar surface area (TPSA) is 86.0 Å². The molecule has 0 radical (unpaired) electrons. The highest BCUT2D eigenvalue weighted by Gasteiger charge is 2.04. The van der Waals surface area contributed by atoms with Gasteiger partial charge in [0, 0.05) is 17.6 Å². The molecule has 0 unspecified atom stereocenters. The molecule has 2 heterocycles. The summed E-state index contributed by atoms with van der Waals surface area (Å²) in [5.41, 5.74) is 1.79. The molecular weight excluding hydrogens is 282 g/mol. The van der Waals surface area contributed by atoms with E-state index in [0.717, 1.165) is 11.4 Å². The Hall–Kier alpha value is -2.96. The van der Waals surface area contributed by atoms with E-state index in [-0.39, 0.29) is 6.61 Å². The Labute approximate surface area is 127 Å². The lowest BCUT2D eigenvalue weighted by Crippen LogP contribution is -1.98. The summed E-state index contributed by atoms with van der Waals surface area (Å²) in [6.45, 7) is 3.93. The Kier molecular flexibility index (Phi) is 3.95. The van der Waals surface area contributed by atoms with Crippen LogP contribution < -0.4 is 10.1 Å². The van der Waals surface area contributed by atoms with E-state index < -0.39 is 0 Å². The number of hydrogen-bond donors (Lipinski definition) is 1. The molecule has 0 aliphatic rings. The van der Waals surface area contributed by atoms with Gasteiger partial charge in [-0.25, -0.2) is 9.97 Å². The first-order valence-corrected chi connectivity index (χ1v) is 6.78. The molecule has 0 bridgehead atoms. The van der Waals surface area contributed by atoms with Crippen LogP contribution in [0.2, 0.25) is 0 Å². The highest BCUT2D eigenvalue weighted by atomic mass is 16.5. The van der Waals surface area contributed by atoms with E-state index >= 15 is 0 Å². The maximum atomic E-state index is 5.57. The van der Waals surface area contributed by atoms with Crippen molar-refractivity contribution in [1.82, 2.24) is 20.1 Å². The number of anilines is 2. The lowest BCUT2D eigenvalue weighted by molar-refractivity contribution is 0.242. The first kappa shape index (κ1) is 14.0. The van der Waals surface area contributed by atoms with Crippen molar-refractivity contribution in [1.29, 1.82) is 0 Å². The Morgan fingerprint density at radius 2 is 1.91 bits per heavy atom. The predicted molar refractivity (Wildman–Crippen MR) is 79.9 cm³/mol. The molecule has 0 saturated heterocycles. The maximum Gasteiger partial charge on any atom is 0.264 e. The average Bonchev–Trinajstić information content (AvgIpc) is 2.92. The third-order valence-corrected chi connectivity index (χ3v) is 2.84. The normalized spacial score (nSPS) is 10.5. The molecule has 2 aromatic heterocycles. The summed E-state index contributed by atoms with van der Waals surface area (Å²) in [7, 11) is 0. The second kappa shape index (κ2) is 6.21. The lowest BCUT2D eigenvalue weighted by Gasteiger charge is -2.07. The van der Waals surface area contributed by atoms with Gasteiger partial charge in [0.1, 0.15) is 5.75 Å². The van der Waals surface area contributed by atoms with Gasteiger partial charge in [0.15, 0.2) is 12.4 Å². The van der Waals surface area contributed by atoms with E-state index in [1.807, 2.05) is 37.3 Å². The highest BCUT2D eigenvalue weighted by Crippen LogP contribution is 2.19. The maximum absolute atomic E-state index is 5.57. The highest BCUT2D eigenvalue weighted by molar-refractivity contribution is 5.54. The minimum Gasteiger partial charge on any atom is -0.484 e. The minimum absolute atomic E-state index is 0.245. The molecule has 7 nitrogen and oxygen atoms in total. The zero-order valence-electron chi connectivity index (χ0n) is 12.3. The lowest BCUT2D eigenvalue weighted by atomic mass is 10.3. The van der Waals surface area contributed by atoms with Crippen LogP contribution in [0.5, 0.6) is 5.75 Å². The van der Waals surface area contributed by atoms with Crippen molar-refractivity contribution in [3.63, 3.8) is 0 Å². The van der Waals surface area contributed by atoms with E-state index in [1.165, 1.54) is 0 Å². The molecule has 0 aliphatic heterocycles. The number of ether oxygens (including phenoxy) is 1. The molecule has 0 saturated carbocycles. The van der Waals surface area contributed by atoms with Gasteiger partial charge in [-0.15, -0.1) is 0 Å². The summed E-state index contributed by atoms with van der Waals surface area (Å²) in [5, 5.41) is 6.84. The average molecular weight is 297 g/mol. The Morgan fingerprint density at radius 3 is 2.59 bits per heavy atom. The van der Waals surface area contributed by atoms with E-state index in [9.17, 15) is 0 Å². The van der Waals surface area contributed by atoms with Crippen LogP contribution in [0, 0.1) is 13.8 Å². The first-order chi connectivity index (χ1) is 10.7. The van der Waals surface area contributed by atoms with Crippen molar-refractivity contribution >= 4 is 11.6 Å². The largest absolute Gasteiger partial charge is 0.484 e. The number of nitrogens with one attached hydrogen (secondary N) is 1. The van der Waals surface area contributed by atoms with Crippen molar-refractivity contribution < 1.29 is 9.26 Å². The molecule has 0 atom stereocenters. The second-order valence-electron chi connectivity index (χ2n) is 4.70. The summed E-state index contributed by atoms with van der Waals surface area (Å²) >= 11 is 0. The molecule has 0 aliphatic carbocycles. The molecule has 112 valence electrons. The van der Waals surface area contributed by atoms with E-state index in [4.69, 9.17) is 9.26 Å². The number of aryl methyl sites for hydroxylation is 2. The van der Waals surface area contributed by atoms with Crippen LogP contribution in [-0.2, 0) is 6.61 Å². The van der Waals surface area contributed by atoms with Gasteiger partial charge in [-0.05, 0) is 44.2 Å². The molecule has 1 aromatic carbocycles. The fourth-order valence-electron chi connectivity index (χ4n) is 1.82.